The van der Waals surface area contributed by atoms with Gasteiger partial charge in [-0.25, -0.2) is 0 Å². The maximum atomic E-state index is 2.35. The van der Waals surface area contributed by atoms with E-state index in [2.05, 4.69) is 57.1 Å². The molecule has 2 nitrogen and oxygen atoms in total. The minimum absolute atomic E-state index is 0.399. The van der Waals surface area contributed by atoms with Gasteiger partial charge in [0.25, 0.3) is 0 Å². The Kier molecular flexibility index (Phi) is 0.896. The van der Waals surface area contributed by atoms with Gasteiger partial charge in [0, 0.05) is 12.4 Å². The summed E-state index contributed by atoms with van der Waals surface area (Å²) >= 11 is 2.33. The van der Waals surface area contributed by atoms with Gasteiger partial charge in [0.05, 0.1) is 28.4 Å². The summed E-state index contributed by atoms with van der Waals surface area (Å²) in [6.07, 6.45) is 4.89. The van der Waals surface area contributed by atoms with E-state index in [9.17, 15) is 0 Å². The molecular formula is C6H9IN2. The molecule has 9 heavy (non-hydrogen) atoms. The van der Waals surface area contributed by atoms with E-state index in [4.69, 9.17) is 0 Å². The van der Waals surface area contributed by atoms with E-state index < -0.39 is 0 Å². The van der Waals surface area contributed by atoms with Gasteiger partial charge in [0.2, 0.25) is 0 Å². The molecule has 2 aliphatic heterocycles. The fourth-order valence-corrected chi connectivity index (χ4v) is 2.50. The first-order valence-corrected chi connectivity index (χ1v) is 4.01. The van der Waals surface area contributed by atoms with E-state index in [-0.39, 0.29) is 0 Å². The minimum Gasteiger partial charge on any atom is -0.344 e. The number of fused-ring (bicyclic) bond motifs is 1. The molecule has 50 valence electrons. The molecule has 1 atom stereocenters. The Morgan fingerprint density at radius 3 is 2.33 bits per heavy atom. The second kappa shape index (κ2) is 1.38. The third-order valence-corrected chi connectivity index (χ3v) is 2.95. The number of hydrogen-bond acceptors (Lipinski definition) is 2. The Morgan fingerprint density at radius 1 is 1.44 bits per heavy atom. The van der Waals surface area contributed by atoms with Crippen molar-refractivity contribution in [3.63, 3.8) is 0 Å². The van der Waals surface area contributed by atoms with Crippen molar-refractivity contribution in [1.82, 2.24) is 8.01 Å². The minimum atomic E-state index is 0.399. The monoisotopic (exact) mass is 236 g/mol. The molecule has 0 aromatic carbocycles. The lowest BCUT2D eigenvalue weighted by Gasteiger charge is -2.07. The maximum Gasteiger partial charge on any atom is 0.133 e. The molecule has 0 saturated carbocycles. The fraction of sp³-hybridized carbons (Fsp3) is 0.667. The highest BCUT2D eigenvalue weighted by Gasteiger charge is 2.58. The second-order valence-corrected chi connectivity index (χ2v) is 4.19. The zero-order valence-corrected chi connectivity index (χ0v) is 7.66. The molecule has 2 aliphatic rings. The molecule has 0 radical (unpaired) electrons. The van der Waals surface area contributed by atoms with Crippen molar-refractivity contribution in [1.29, 1.82) is 0 Å². The molecule has 2 rings (SSSR count). The lowest BCUT2D eigenvalue weighted by molar-refractivity contribution is 0.576. The summed E-state index contributed by atoms with van der Waals surface area (Å²) in [4.78, 5) is 2.35. The smallest absolute Gasteiger partial charge is 0.133 e. The molecule has 0 bridgehead atoms. The maximum absolute atomic E-state index is 2.35. The molecule has 0 aliphatic carbocycles. The van der Waals surface area contributed by atoms with Crippen LogP contribution in [0.1, 0.15) is 13.8 Å². The Labute approximate surface area is 69.0 Å². The van der Waals surface area contributed by atoms with Gasteiger partial charge in [0.15, 0.2) is 0 Å². The highest BCUT2D eigenvalue weighted by atomic mass is 127. The van der Waals surface area contributed by atoms with Crippen molar-refractivity contribution in [2.75, 3.05) is 0 Å². The van der Waals surface area contributed by atoms with Crippen molar-refractivity contribution in [3.05, 3.63) is 12.4 Å². The average molecular weight is 236 g/mol. The van der Waals surface area contributed by atoms with Gasteiger partial charge in [0.1, 0.15) is 6.17 Å². The molecule has 0 aromatic heterocycles. The van der Waals surface area contributed by atoms with Crippen LogP contribution in [-0.4, -0.2) is 19.7 Å². The van der Waals surface area contributed by atoms with E-state index in [1.54, 1.807) is 0 Å². The van der Waals surface area contributed by atoms with Crippen LogP contribution in [0.3, 0.4) is 0 Å². The van der Waals surface area contributed by atoms with Gasteiger partial charge >= 0.3 is 0 Å². The van der Waals surface area contributed by atoms with Gasteiger partial charge in [-0.05, 0) is 13.8 Å². The van der Waals surface area contributed by atoms with Crippen LogP contribution in [0, 0.1) is 0 Å². The van der Waals surface area contributed by atoms with Crippen LogP contribution in [0.25, 0.3) is 0 Å². The molecule has 0 aromatic rings. The average Bonchev–Trinajstić information content (AvgIpc) is 2.19. The Morgan fingerprint density at radius 2 is 2.11 bits per heavy atom. The topological polar surface area (TPSA) is 6.25 Å². The normalized spacial score (nSPS) is 35.2. The lowest BCUT2D eigenvalue weighted by atomic mass is 10.2. The van der Waals surface area contributed by atoms with E-state index in [0.717, 1.165) is 0 Å². The van der Waals surface area contributed by atoms with Gasteiger partial charge < -0.3 is 4.90 Å². The molecule has 0 amide bonds. The predicted octanol–water partition coefficient (Wildman–Crippen LogP) is 1.54. The Balaban J connectivity index is 2.24. The van der Waals surface area contributed by atoms with Gasteiger partial charge in [-0.3, -0.25) is 3.11 Å². The van der Waals surface area contributed by atoms with Crippen LogP contribution < -0.4 is 0 Å². The summed E-state index contributed by atoms with van der Waals surface area (Å²) in [5.74, 6) is 0. The number of hydrogen-bond donors (Lipinski definition) is 0. The van der Waals surface area contributed by atoms with Crippen LogP contribution in [0.5, 0.6) is 0 Å². The predicted molar refractivity (Wildman–Crippen MR) is 44.7 cm³/mol. The third kappa shape index (κ3) is 0.559. The molecule has 1 saturated heterocycles. The highest BCUT2D eigenvalue weighted by molar-refractivity contribution is 14.1. The molecule has 1 fully saturated rings. The summed E-state index contributed by atoms with van der Waals surface area (Å²) in [5.41, 5.74) is 0.399. The van der Waals surface area contributed by atoms with Crippen molar-refractivity contribution in [3.8, 4) is 0 Å². The van der Waals surface area contributed by atoms with Crippen LogP contribution >= 0.6 is 22.9 Å². The van der Waals surface area contributed by atoms with E-state index in [1.807, 2.05) is 0 Å². The first kappa shape index (κ1) is 5.82. The molecule has 1 unspecified atom stereocenters. The zero-order chi connectivity index (χ0) is 6.65. The van der Waals surface area contributed by atoms with Crippen molar-refractivity contribution in [2.45, 2.75) is 25.6 Å². The van der Waals surface area contributed by atoms with Crippen molar-refractivity contribution >= 4 is 22.9 Å². The number of halogens is 1. The Hall–Kier alpha value is 0.0700. The van der Waals surface area contributed by atoms with Crippen LogP contribution in [0.4, 0.5) is 0 Å². The molecule has 3 heteroatoms. The Bertz CT molecular complexity index is 176. The number of nitrogens with zero attached hydrogens (tertiary/aromatic N) is 2. The SMILES string of the molecule is CC1(C)C2N(I)C=CN21. The summed E-state index contributed by atoms with van der Waals surface area (Å²) in [5, 5.41) is 0. The fourth-order valence-electron chi connectivity index (χ4n) is 1.40. The van der Waals surface area contributed by atoms with Crippen LogP contribution in [0.2, 0.25) is 0 Å². The van der Waals surface area contributed by atoms with Crippen LogP contribution in [0.15, 0.2) is 12.4 Å². The van der Waals surface area contributed by atoms with Gasteiger partial charge in [-0.1, -0.05) is 0 Å². The summed E-state index contributed by atoms with van der Waals surface area (Å²) < 4.78 is 2.22. The third-order valence-electron chi connectivity index (χ3n) is 2.10. The largest absolute Gasteiger partial charge is 0.344 e. The van der Waals surface area contributed by atoms with E-state index in [1.165, 1.54) is 0 Å². The highest BCUT2D eigenvalue weighted by Crippen LogP contribution is 2.48. The van der Waals surface area contributed by atoms with Crippen molar-refractivity contribution < 1.29 is 0 Å². The quantitative estimate of drug-likeness (QED) is 0.357. The van der Waals surface area contributed by atoms with E-state index in [0.29, 0.717) is 11.7 Å². The first-order chi connectivity index (χ1) is 4.14. The molecule has 0 spiro atoms. The van der Waals surface area contributed by atoms with Gasteiger partial charge in [-0.2, -0.15) is 0 Å². The summed E-state index contributed by atoms with van der Waals surface area (Å²) in [7, 11) is 0. The summed E-state index contributed by atoms with van der Waals surface area (Å²) in [6.45, 7) is 4.51. The van der Waals surface area contributed by atoms with E-state index >= 15 is 0 Å². The molecular weight excluding hydrogens is 227 g/mol. The van der Waals surface area contributed by atoms with Crippen LogP contribution in [-0.2, 0) is 0 Å². The first-order valence-electron chi connectivity index (χ1n) is 3.05. The molecule has 0 N–H and O–H groups in total. The van der Waals surface area contributed by atoms with Crippen molar-refractivity contribution in [2.24, 2.45) is 0 Å². The molecule has 2 heterocycles. The summed E-state index contributed by atoms with van der Waals surface area (Å²) in [6, 6.07) is 0. The zero-order valence-electron chi connectivity index (χ0n) is 5.50. The standard InChI is InChI=1S/C6H9IN2/c1-6(2)5-8(6)3-4-9(5)7/h3-5H,1-2H3. The van der Waals surface area contributed by atoms with Gasteiger partial charge in [-0.15, -0.1) is 0 Å². The number of rotatable bonds is 0. The second-order valence-electron chi connectivity index (χ2n) is 3.08. The lowest BCUT2D eigenvalue weighted by Crippen LogP contribution is -2.14.